The van der Waals surface area contributed by atoms with Gasteiger partial charge >= 0.3 is 0 Å². The van der Waals surface area contributed by atoms with Crippen LogP contribution in [-0.2, 0) is 6.42 Å². The summed E-state index contributed by atoms with van der Waals surface area (Å²) in [6.07, 6.45) is 4.10. The fourth-order valence-electron chi connectivity index (χ4n) is 0.607. The summed E-state index contributed by atoms with van der Waals surface area (Å²) in [5.41, 5.74) is 1.16. The van der Waals surface area contributed by atoms with E-state index in [1.807, 2.05) is 38.2 Å². The maximum Gasteiger partial charge on any atom is 0.0400 e. The molecule has 0 radical (unpaired) electrons. The molecular weight excluding hydrogens is 158 g/mol. The zero-order valence-corrected chi connectivity index (χ0v) is 9.67. The Bertz CT molecular complexity index is 158. The Kier molecular flexibility index (Phi) is 15.5. The Morgan fingerprint density at radius 3 is 1.85 bits per heavy atom. The van der Waals surface area contributed by atoms with E-state index in [0.717, 1.165) is 12.1 Å². The third-order valence-electron chi connectivity index (χ3n) is 1.09. The summed E-state index contributed by atoms with van der Waals surface area (Å²) < 4.78 is 0. The highest BCUT2D eigenvalue weighted by Crippen LogP contribution is 1.91. The lowest BCUT2D eigenvalue weighted by Crippen LogP contribution is -1.81. The monoisotopic (exact) mass is 181 g/mol. The van der Waals surface area contributed by atoms with Gasteiger partial charge in [0.1, 0.15) is 0 Å². The number of rotatable bonds is 1. The highest BCUT2D eigenvalue weighted by molar-refractivity contribution is 5.02. The molecule has 0 aromatic carbocycles. The largest absolute Gasteiger partial charge is 0.261 e. The van der Waals surface area contributed by atoms with Crippen molar-refractivity contribution in [3.8, 4) is 0 Å². The van der Waals surface area contributed by atoms with Crippen molar-refractivity contribution >= 4 is 0 Å². The lowest BCUT2D eigenvalue weighted by atomic mass is 10.3. The van der Waals surface area contributed by atoms with Crippen molar-refractivity contribution in [3.05, 3.63) is 30.1 Å². The van der Waals surface area contributed by atoms with Gasteiger partial charge in [0.15, 0.2) is 0 Å². The predicted molar refractivity (Wildman–Crippen MR) is 60.9 cm³/mol. The molecule has 0 saturated heterocycles. The lowest BCUT2D eigenvalue weighted by Gasteiger charge is -1.88. The van der Waals surface area contributed by atoms with Gasteiger partial charge in [-0.25, -0.2) is 0 Å². The van der Waals surface area contributed by atoms with Crippen LogP contribution in [-0.4, -0.2) is 4.98 Å². The first kappa shape index (κ1) is 14.7. The summed E-state index contributed by atoms with van der Waals surface area (Å²) in [5.74, 6) is 0. The van der Waals surface area contributed by atoms with Crippen LogP contribution in [0.3, 0.4) is 0 Å². The average Bonchev–Trinajstić information content (AvgIpc) is 2.23. The van der Waals surface area contributed by atoms with Gasteiger partial charge in [-0.05, 0) is 18.6 Å². The highest BCUT2D eigenvalue weighted by Gasteiger charge is 1.81. The normalized spacial score (nSPS) is 7.46. The molecule has 0 N–H and O–H groups in total. The molecule has 0 amide bonds. The van der Waals surface area contributed by atoms with Gasteiger partial charge in [-0.3, -0.25) is 4.98 Å². The van der Waals surface area contributed by atoms with Crippen LogP contribution < -0.4 is 0 Å². The molecule has 1 nitrogen and oxygen atoms in total. The minimum atomic E-state index is 1.03. The van der Waals surface area contributed by atoms with E-state index in [1.165, 1.54) is 6.42 Å². The van der Waals surface area contributed by atoms with Crippen molar-refractivity contribution in [2.24, 2.45) is 0 Å². The van der Waals surface area contributed by atoms with Crippen molar-refractivity contribution in [2.45, 2.75) is 47.5 Å². The van der Waals surface area contributed by atoms with E-state index in [0.29, 0.717) is 0 Å². The number of aryl methyl sites for hydroxylation is 1. The molecule has 1 aromatic rings. The zero-order valence-electron chi connectivity index (χ0n) is 9.67. The molecule has 0 aliphatic rings. The third-order valence-corrected chi connectivity index (χ3v) is 1.09. The highest BCUT2D eigenvalue weighted by atomic mass is 14.6. The molecule has 0 unspecified atom stereocenters. The van der Waals surface area contributed by atoms with Gasteiger partial charge in [0.05, 0.1) is 0 Å². The first-order chi connectivity index (χ1) is 6.35. The van der Waals surface area contributed by atoms with Crippen LogP contribution in [0.15, 0.2) is 24.4 Å². The molecule has 13 heavy (non-hydrogen) atoms. The van der Waals surface area contributed by atoms with E-state index in [9.17, 15) is 0 Å². The van der Waals surface area contributed by atoms with Gasteiger partial charge in [-0.2, -0.15) is 0 Å². The molecule has 0 atom stereocenters. The first-order valence-electron chi connectivity index (χ1n) is 5.25. The molecule has 0 spiro atoms. The smallest absolute Gasteiger partial charge is 0.0400 e. The molecular formula is C12H23N. The van der Waals surface area contributed by atoms with Crippen molar-refractivity contribution in [1.82, 2.24) is 4.98 Å². The second-order valence-electron chi connectivity index (χ2n) is 2.38. The van der Waals surface area contributed by atoms with E-state index in [2.05, 4.69) is 25.8 Å². The van der Waals surface area contributed by atoms with Crippen LogP contribution in [0.2, 0.25) is 0 Å². The maximum absolute atomic E-state index is 4.10. The average molecular weight is 181 g/mol. The van der Waals surface area contributed by atoms with Crippen molar-refractivity contribution in [2.75, 3.05) is 0 Å². The standard InChI is InChI=1S/C7H9N.C3H8.C2H6/c1-2-7-5-3-4-6-8-7;1-3-2;1-2/h3-6H,2H2,1H3;3H2,1-2H3;1-2H3. The fourth-order valence-corrected chi connectivity index (χ4v) is 0.607. The molecule has 0 saturated carbocycles. The Hall–Kier alpha value is -0.850. The van der Waals surface area contributed by atoms with E-state index in [4.69, 9.17) is 0 Å². The van der Waals surface area contributed by atoms with Crippen LogP contribution in [0.1, 0.15) is 46.7 Å². The molecule has 0 bridgehead atoms. The predicted octanol–water partition coefficient (Wildman–Crippen LogP) is 4.09. The lowest BCUT2D eigenvalue weighted by molar-refractivity contribution is 1.04. The Labute approximate surface area is 83.2 Å². The zero-order chi connectivity index (χ0) is 10.5. The number of hydrogen-bond acceptors (Lipinski definition) is 1. The molecule has 0 aliphatic carbocycles. The number of pyridine rings is 1. The third kappa shape index (κ3) is 11.1. The molecule has 0 aliphatic heterocycles. The van der Waals surface area contributed by atoms with E-state index in [1.54, 1.807) is 0 Å². The molecule has 1 heteroatoms. The van der Waals surface area contributed by atoms with Crippen LogP contribution >= 0.6 is 0 Å². The van der Waals surface area contributed by atoms with E-state index < -0.39 is 0 Å². The fraction of sp³-hybridized carbons (Fsp3) is 0.583. The minimum Gasteiger partial charge on any atom is -0.261 e. The first-order valence-corrected chi connectivity index (χ1v) is 5.25. The molecule has 1 aromatic heterocycles. The maximum atomic E-state index is 4.10. The SMILES string of the molecule is CC.CCC.CCc1ccccn1. The second-order valence-corrected chi connectivity index (χ2v) is 2.38. The van der Waals surface area contributed by atoms with E-state index >= 15 is 0 Å². The van der Waals surface area contributed by atoms with Gasteiger partial charge in [0.25, 0.3) is 0 Å². The van der Waals surface area contributed by atoms with E-state index in [-0.39, 0.29) is 0 Å². The van der Waals surface area contributed by atoms with Crippen LogP contribution in [0.4, 0.5) is 0 Å². The summed E-state index contributed by atoms with van der Waals surface area (Å²) in [5, 5.41) is 0. The molecule has 0 fully saturated rings. The summed E-state index contributed by atoms with van der Waals surface area (Å²) in [4.78, 5) is 4.10. The summed E-state index contributed by atoms with van der Waals surface area (Å²) in [7, 11) is 0. The van der Waals surface area contributed by atoms with Gasteiger partial charge in [0, 0.05) is 11.9 Å². The molecule has 1 rings (SSSR count). The second kappa shape index (κ2) is 13.7. The number of nitrogens with zero attached hydrogens (tertiary/aromatic N) is 1. The Morgan fingerprint density at radius 2 is 1.62 bits per heavy atom. The van der Waals surface area contributed by atoms with Crippen LogP contribution in [0, 0.1) is 0 Å². The van der Waals surface area contributed by atoms with Crippen molar-refractivity contribution < 1.29 is 0 Å². The van der Waals surface area contributed by atoms with Crippen molar-refractivity contribution in [3.63, 3.8) is 0 Å². The Morgan fingerprint density at radius 1 is 1.08 bits per heavy atom. The van der Waals surface area contributed by atoms with Crippen LogP contribution in [0.25, 0.3) is 0 Å². The van der Waals surface area contributed by atoms with Gasteiger partial charge in [-0.1, -0.05) is 47.1 Å². The van der Waals surface area contributed by atoms with Crippen molar-refractivity contribution in [1.29, 1.82) is 0 Å². The van der Waals surface area contributed by atoms with Gasteiger partial charge < -0.3 is 0 Å². The minimum absolute atomic E-state index is 1.03. The number of hydrogen-bond donors (Lipinski definition) is 0. The van der Waals surface area contributed by atoms with Gasteiger partial charge in [0.2, 0.25) is 0 Å². The van der Waals surface area contributed by atoms with Crippen LogP contribution in [0.5, 0.6) is 0 Å². The summed E-state index contributed by atoms with van der Waals surface area (Å²) in [6, 6.07) is 5.96. The summed E-state index contributed by atoms with van der Waals surface area (Å²) >= 11 is 0. The topological polar surface area (TPSA) is 12.9 Å². The molecule has 1 heterocycles. The Balaban J connectivity index is 0. The van der Waals surface area contributed by atoms with Gasteiger partial charge in [-0.15, -0.1) is 0 Å². The summed E-state index contributed by atoms with van der Waals surface area (Å²) in [6.45, 7) is 10.3. The quantitative estimate of drug-likeness (QED) is 0.636. The molecule has 76 valence electrons. The number of aromatic nitrogens is 1.